The molecule has 0 N–H and O–H groups in total. The summed E-state index contributed by atoms with van der Waals surface area (Å²) in [6.45, 7) is 5.30. The number of amides is 1. The minimum absolute atomic E-state index is 0.265. The molecule has 0 aromatic carbocycles. The van der Waals surface area contributed by atoms with Crippen LogP contribution in [-0.2, 0) is 4.79 Å². The Kier molecular flexibility index (Phi) is 7.96. The molecule has 3 heteroatoms. The summed E-state index contributed by atoms with van der Waals surface area (Å²) in [6, 6.07) is 0.548. The van der Waals surface area contributed by atoms with E-state index in [4.69, 9.17) is 0 Å². The number of alkyl halides is 1. The van der Waals surface area contributed by atoms with E-state index in [9.17, 15) is 4.79 Å². The number of nitrogens with zero attached hydrogens (tertiary/aromatic N) is 1. The molecule has 0 aromatic rings. The van der Waals surface area contributed by atoms with Crippen molar-refractivity contribution in [2.45, 2.75) is 71.3 Å². The molecule has 0 radical (unpaired) electrons. The molecule has 1 amide bonds. The molecule has 2 nitrogen and oxygen atoms in total. The first-order valence-corrected chi connectivity index (χ1v) is 8.73. The number of unbranched alkanes of at least 4 members (excludes halogenated alkanes) is 1. The highest BCUT2D eigenvalue weighted by Gasteiger charge is 2.31. The summed E-state index contributed by atoms with van der Waals surface area (Å²) < 4.78 is 0. The molecule has 1 rings (SSSR count). The largest absolute Gasteiger partial charge is 0.339 e. The number of carbonyl (C=O) groups excluding carboxylic acids is 1. The monoisotopic (exact) mass is 317 g/mol. The summed E-state index contributed by atoms with van der Waals surface area (Å²) in [7, 11) is 0. The van der Waals surface area contributed by atoms with E-state index >= 15 is 0 Å². The van der Waals surface area contributed by atoms with Gasteiger partial charge in [0.15, 0.2) is 0 Å². The minimum atomic E-state index is 0.265. The van der Waals surface area contributed by atoms with Crippen molar-refractivity contribution in [2.75, 3.05) is 11.9 Å². The van der Waals surface area contributed by atoms with Gasteiger partial charge < -0.3 is 4.90 Å². The summed E-state index contributed by atoms with van der Waals surface area (Å²) >= 11 is 3.47. The van der Waals surface area contributed by atoms with E-state index in [0.717, 1.165) is 31.1 Å². The molecule has 106 valence electrons. The maximum absolute atomic E-state index is 12.6. The summed E-state index contributed by atoms with van der Waals surface area (Å²) in [5, 5.41) is 0.995. The summed E-state index contributed by atoms with van der Waals surface area (Å²) in [4.78, 5) is 14.8. The van der Waals surface area contributed by atoms with Gasteiger partial charge in [-0.15, -0.1) is 0 Å². The lowest BCUT2D eigenvalue weighted by atomic mass is 9.89. The normalized spacial score (nSPS) is 17.3. The Balaban J connectivity index is 2.54. The first-order valence-electron chi connectivity index (χ1n) is 7.61. The van der Waals surface area contributed by atoms with Gasteiger partial charge >= 0.3 is 0 Å². The third-order valence-electron chi connectivity index (χ3n) is 4.08. The number of rotatable bonds is 9. The Hall–Kier alpha value is -0.0500. The predicted molar refractivity (Wildman–Crippen MR) is 81.1 cm³/mol. The van der Waals surface area contributed by atoms with Crippen LogP contribution in [0.1, 0.15) is 65.2 Å². The zero-order valence-electron chi connectivity index (χ0n) is 12.0. The maximum Gasteiger partial charge on any atom is 0.225 e. The van der Waals surface area contributed by atoms with Crippen LogP contribution in [0.25, 0.3) is 0 Å². The molecular weight excluding hydrogens is 290 g/mol. The van der Waals surface area contributed by atoms with E-state index in [0.29, 0.717) is 11.9 Å². The molecule has 0 aromatic heterocycles. The SMILES string of the molecule is CCCCC(CC)C(=O)N(CCCBr)C1CCC1. The molecule has 1 saturated carbocycles. The predicted octanol–water partition coefficient (Wildman–Crippen LogP) is 4.37. The van der Waals surface area contributed by atoms with Crippen molar-refractivity contribution < 1.29 is 4.79 Å². The number of hydrogen-bond donors (Lipinski definition) is 0. The van der Waals surface area contributed by atoms with Gasteiger partial charge in [0.1, 0.15) is 0 Å². The smallest absolute Gasteiger partial charge is 0.225 e. The first-order chi connectivity index (χ1) is 8.74. The summed E-state index contributed by atoms with van der Waals surface area (Å²) in [6.07, 6.45) is 9.26. The topological polar surface area (TPSA) is 20.3 Å². The van der Waals surface area contributed by atoms with Gasteiger partial charge in [0.2, 0.25) is 5.91 Å². The fourth-order valence-electron chi connectivity index (χ4n) is 2.59. The Morgan fingerprint density at radius 3 is 2.50 bits per heavy atom. The third kappa shape index (κ3) is 4.56. The van der Waals surface area contributed by atoms with Crippen LogP contribution in [0.4, 0.5) is 0 Å². The van der Waals surface area contributed by atoms with Crippen molar-refractivity contribution in [3.8, 4) is 0 Å². The van der Waals surface area contributed by atoms with Gasteiger partial charge in [-0.05, 0) is 38.5 Å². The summed E-state index contributed by atoms with van der Waals surface area (Å²) in [5.41, 5.74) is 0. The van der Waals surface area contributed by atoms with E-state index in [1.807, 2.05) is 0 Å². The van der Waals surface area contributed by atoms with E-state index in [1.54, 1.807) is 0 Å². The zero-order valence-corrected chi connectivity index (χ0v) is 13.5. The minimum Gasteiger partial charge on any atom is -0.339 e. The van der Waals surface area contributed by atoms with E-state index in [1.165, 1.54) is 32.1 Å². The quantitative estimate of drug-likeness (QED) is 0.578. The molecule has 0 heterocycles. The fraction of sp³-hybridized carbons (Fsp3) is 0.933. The molecule has 18 heavy (non-hydrogen) atoms. The lowest BCUT2D eigenvalue weighted by Crippen LogP contribution is -2.47. The molecule has 1 unspecified atom stereocenters. The fourth-order valence-corrected chi connectivity index (χ4v) is 2.84. The molecular formula is C15H28BrNO. The van der Waals surface area contributed by atoms with Gasteiger partial charge in [-0.1, -0.05) is 42.6 Å². The lowest BCUT2D eigenvalue weighted by Gasteiger charge is -2.39. The highest BCUT2D eigenvalue weighted by molar-refractivity contribution is 9.09. The van der Waals surface area contributed by atoms with E-state index < -0.39 is 0 Å². The summed E-state index contributed by atoms with van der Waals surface area (Å²) in [5.74, 6) is 0.692. The molecule has 0 bridgehead atoms. The molecule has 1 aliphatic carbocycles. The van der Waals surface area contributed by atoms with Gasteiger partial charge in [-0.2, -0.15) is 0 Å². The van der Waals surface area contributed by atoms with Crippen molar-refractivity contribution in [1.29, 1.82) is 0 Å². The second-order valence-electron chi connectivity index (χ2n) is 5.41. The molecule has 1 aliphatic rings. The Bertz CT molecular complexity index is 241. The van der Waals surface area contributed by atoms with Crippen molar-refractivity contribution in [3.05, 3.63) is 0 Å². The Labute approximate surface area is 121 Å². The average molecular weight is 318 g/mol. The van der Waals surface area contributed by atoms with Gasteiger partial charge in [0, 0.05) is 23.8 Å². The molecule has 1 atom stereocenters. The van der Waals surface area contributed by atoms with Crippen LogP contribution < -0.4 is 0 Å². The van der Waals surface area contributed by atoms with Crippen molar-refractivity contribution in [3.63, 3.8) is 0 Å². The molecule has 1 fully saturated rings. The number of hydrogen-bond acceptors (Lipinski definition) is 1. The second kappa shape index (κ2) is 8.95. The zero-order chi connectivity index (χ0) is 13.4. The van der Waals surface area contributed by atoms with Crippen LogP contribution >= 0.6 is 15.9 Å². The Morgan fingerprint density at radius 2 is 2.06 bits per heavy atom. The van der Waals surface area contributed by atoms with Gasteiger partial charge in [-0.3, -0.25) is 4.79 Å². The lowest BCUT2D eigenvalue weighted by molar-refractivity contribution is -0.140. The van der Waals surface area contributed by atoms with Crippen LogP contribution in [0.15, 0.2) is 0 Å². The molecule has 0 aliphatic heterocycles. The molecule has 0 spiro atoms. The standard InChI is InChI=1S/C15H28BrNO/c1-3-5-8-13(4-2)15(18)17(12-7-11-16)14-9-6-10-14/h13-14H,3-12H2,1-2H3. The third-order valence-corrected chi connectivity index (χ3v) is 4.64. The van der Waals surface area contributed by atoms with Crippen LogP contribution in [0, 0.1) is 5.92 Å². The highest BCUT2D eigenvalue weighted by Crippen LogP contribution is 2.28. The van der Waals surface area contributed by atoms with Crippen molar-refractivity contribution in [2.24, 2.45) is 5.92 Å². The second-order valence-corrected chi connectivity index (χ2v) is 6.20. The van der Waals surface area contributed by atoms with Crippen LogP contribution in [-0.4, -0.2) is 28.7 Å². The van der Waals surface area contributed by atoms with E-state index in [2.05, 4.69) is 34.7 Å². The number of halogens is 1. The Morgan fingerprint density at radius 1 is 1.33 bits per heavy atom. The maximum atomic E-state index is 12.6. The van der Waals surface area contributed by atoms with Crippen LogP contribution in [0.2, 0.25) is 0 Å². The first kappa shape index (κ1) is 16.0. The van der Waals surface area contributed by atoms with E-state index in [-0.39, 0.29) is 5.92 Å². The van der Waals surface area contributed by atoms with Gasteiger partial charge in [0.25, 0.3) is 0 Å². The molecule has 0 saturated heterocycles. The highest BCUT2D eigenvalue weighted by atomic mass is 79.9. The van der Waals surface area contributed by atoms with Crippen molar-refractivity contribution in [1.82, 2.24) is 4.90 Å². The van der Waals surface area contributed by atoms with Crippen LogP contribution in [0.3, 0.4) is 0 Å². The van der Waals surface area contributed by atoms with Crippen molar-refractivity contribution >= 4 is 21.8 Å². The number of carbonyl (C=O) groups is 1. The average Bonchev–Trinajstić information content (AvgIpc) is 2.32. The van der Waals surface area contributed by atoms with Crippen LogP contribution in [0.5, 0.6) is 0 Å². The van der Waals surface area contributed by atoms with Gasteiger partial charge in [-0.25, -0.2) is 0 Å². The van der Waals surface area contributed by atoms with Gasteiger partial charge in [0.05, 0.1) is 0 Å².